The molecule has 2 N–H and O–H groups in total. The van der Waals surface area contributed by atoms with E-state index < -0.39 is 0 Å². The molecule has 0 aliphatic rings. The van der Waals surface area contributed by atoms with E-state index in [1.807, 2.05) is 0 Å². The van der Waals surface area contributed by atoms with Crippen LogP contribution in [0.15, 0.2) is 0 Å². The quantitative estimate of drug-likeness (QED) is 0.574. The zero-order valence-electron chi connectivity index (χ0n) is 11.4. The molecule has 0 aromatic rings. The monoisotopic (exact) mass is 262 g/mol. The van der Waals surface area contributed by atoms with Gasteiger partial charge in [0.2, 0.25) is 0 Å². The molecular weight excluding hydrogens is 240 g/mol. The van der Waals surface area contributed by atoms with Gasteiger partial charge in [0.25, 0.3) is 0 Å². The SMILES string of the molecule is N#CCCN(CCN)CCN(CCC#N)CCC#N. The summed E-state index contributed by atoms with van der Waals surface area (Å²) in [4.78, 5) is 4.26. The average Bonchev–Trinajstić information content (AvgIpc) is 2.43. The average molecular weight is 262 g/mol. The predicted molar refractivity (Wildman–Crippen MR) is 72.6 cm³/mol. The molecule has 0 saturated heterocycles. The summed E-state index contributed by atoms with van der Waals surface area (Å²) in [6.45, 7) is 5.05. The molecule has 0 saturated carbocycles. The first-order valence-electron chi connectivity index (χ1n) is 6.54. The minimum Gasteiger partial charge on any atom is -0.329 e. The third-order valence-corrected chi connectivity index (χ3v) is 2.80. The van der Waals surface area contributed by atoms with Crippen molar-refractivity contribution in [2.75, 3.05) is 45.8 Å². The standard InChI is InChI=1S/C13H22N6/c14-4-1-8-18(9-2-5-15)12-13-19(11-7-17)10-3-6-16/h1-3,7-13,17H2. The molecule has 0 heterocycles. The topological polar surface area (TPSA) is 104 Å². The van der Waals surface area contributed by atoms with Gasteiger partial charge in [0.05, 0.1) is 18.2 Å². The van der Waals surface area contributed by atoms with Crippen molar-refractivity contribution in [3.05, 3.63) is 0 Å². The zero-order chi connectivity index (χ0) is 14.3. The van der Waals surface area contributed by atoms with Gasteiger partial charge >= 0.3 is 0 Å². The Balaban J connectivity index is 4.12. The Labute approximate surface area is 115 Å². The van der Waals surface area contributed by atoms with Crippen LogP contribution in [0, 0.1) is 34.0 Å². The van der Waals surface area contributed by atoms with Gasteiger partial charge in [0.15, 0.2) is 0 Å². The number of nitriles is 3. The Morgan fingerprint density at radius 2 is 1.00 bits per heavy atom. The van der Waals surface area contributed by atoms with Crippen molar-refractivity contribution in [1.82, 2.24) is 9.80 Å². The van der Waals surface area contributed by atoms with Crippen LogP contribution in [0.5, 0.6) is 0 Å². The Bertz CT molecular complexity index is 317. The smallest absolute Gasteiger partial charge is 0.0635 e. The molecule has 104 valence electrons. The molecule has 0 atom stereocenters. The number of rotatable bonds is 11. The van der Waals surface area contributed by atoms with Gasteiger partial charge in [0.1, 0.15) is 0 Å². The lowest BCUT2D eigenvalue weighted by molar-refractivity contribution is 0.213. The maximum absolute atomic E-state index is 8.61. The highest BCUT2D eigenvalue weighted by atomic mass is 15.2. The highest BCUT2D eigenvalue weighted by Crippen LogP contribution is 1.97. The lowest BCUT2D eigenvalue weighted by Gasteiger charge is -2.25. The molecule has 0 fully saturated rings. The fourth-order valence-corrected chi connectivity index (χ4v) is 1.76. The first-order chi connectivity index (χ1) is 9.28. The molecule has 0 spiro atoms. The maximum atomic E-state index is 8.61. The fourth-order valence-electron chi connectivity index (χ4n) is 1.76. The molecule has 6 heteroatoms. The molecule has 0 aliphatic carbocycles. The van der Waals surface area contributed by atoms with Gasteiger partial charge in [-0.05, 0) is 0 Å². The predicted octanol–water partition coefficient (Wildman–Crippen LogP) is 0.290. The minimum atomic E-state index is 0.473. The molecule has 0 aromatic carbocycles. The first kappa shape index (κ1) is 17.4. The molecule has 19 heavy (non-hydrogen) atoms. The van der Waals surface area contributed by atoms with E-state index in [2.05, 4.69) is 28.0 Å². The number of nitrogens with two attached hydrogens (primary N) is 1. The van der Waals surface area contributed by atoms with E-state index in [9.17, 15) is 0 Å². The largest absolute Gasteiger partial charge is 0.329 e. The van der Waals surface area contributed by atoms with Crippen LogP contribution in [0.3, 0.4) is 0 Å². The Kier molecular flexibility index (Phi) is 11.7. The van der Waals surface area contributed by atoms with E-state index in [0.29, 0.717) is 38.9 Å². The van der Waals surface area contributed by atoms with Gasteiger partial charge in [-0.1, -0.05) is 0 Å². The van der Waals surface area contributed by atoms with E-state index in [1.54, 1.807) is 0 Å². The molecular formula is C13H22N6. The van der Waals surface area contributed by atoms with E-state index in [4.69, 9.17) is 21.5 Å². The Morgan fingerprint density at radius 3 is 1.32 bits per heavy atom. The summed E-state index contributed by atoms with van der Waals surface area (Å²) < 4.78 is 0. The summed E-state index contributed by atoms with van der Waals surface area (Å²) in [5, 5.41) is 25.8. The molecule has 0 unspecified atom stereocenters. The number of hydrogen-bond acceptors (Lipinski definition) is 6. The van der Waals surface area contributed by atoms with Gasteiger partial charge in [-0.25, -0.2) is 0 Å². The van der Waals surface area contributed by atoms with Crippen molar-refractivity contribution in [2.24, 2.45) is 5.73 Å². The van der Waals surface area contributed by atoms with Gasteiger partial charge in [0, 0.05) is 65.1 Å². The molecule has 0 rings (SSSR count). The molecule has 0 aromatic heterocycles. The third kappa shape index (κ3) is 10.00. The van der Waals surface area contributed by atoms with Crippen LogP contribution in [0.2, 0.25) is 0 Å². The van der Waals surface area contributed by atoms with Crippen LogP contribution in [0.1, 0.15) is 19.3 Å². The normalized spacial score (nSPS) is 10.1. The summed E-state index contributed by atoms with van der Waals surface area (Å²) in [7, 11) is 0. The van der Waals surface area contributed by atoms with Gasteiger partial charge in [-0.2, -0.15) is 15.8 Å². The summed E-state index contributed by atoms with van der Waals surface area (Å²) in [5.74, 6) is 0. The van der Waals surface area contributed by atoms with E-state index >= 15 is 0 Å². The van der Waals surface area contributed by atoms with E-state index in [1.165, 1.54) is 0 Å². The highest BCUT2D eigenvalue weighted by molar-refractivity contribution is 4.78. The van der Waals surface area contributed by atoms with Crippen LogP contribution in [0.25, 0.3) is 0 Å². The van der Waals surface area contributed by atoms with Crippen molar-refractivity contribution in [3.8, 4) is 18.2 Å². The second-order valence-electron chi connectivity index (χ2n) is 4.20. The summed E-state index contributed by atoms with van der Waals surface area (Å²) in [5.41, 5.74) is 5.54. The Hall–Kier alpha value is -1.65. The lowest BCUT2D eigenvalue weighted by Crippen LogP contribution is -2.38. The van der Waals surface area contributed by atoms with Crippen molar-refractivity contribution >= 4 is 0 Å². The minimum absolute atomic E-state index is 0.473. The van der Waals surface area contributed by atoms with Crippen LogP contribution in [-0.4, -0.2) is 55.6 Å². The van der Waals surface area contributed by atoms with E-state index in [0.717, 1.165) is 26.2 Å². The van der Waals surface area contributed by atoms with Crippen molar-refractivity contribution in [2.45, 2.75) is 19.3 Å². The Morgan fingerprint density at radius 1 is 0.632 bits per heavy atom. The van der Waals surface area contributed by atoms with Gasteiger partial charge in [-0.3, -0.25) is 4.90 Å². The van der Waals surface area contributed by atoms with Crippen LogP contribution < -0.4 is 5.73 Å². The fraction of sp³-hybridized carbons (Fsp3) is 0.769. The van der Waals surface area contributed by atoms with Gasteiger partial charge in [-0.15, -0.1) is 0 Å². The molecule has 0 aliphatic heterocycles. The highest BCUT2D eigenvalue weighted by Gasteiger charge is 2.08. The zero-order valence-corrected chi connectivity index (χ0v) is 11.4. The van der Waals surface area contributed by atoms with Gasteiger partial charge < -0.3 is 10.6 Å². The number of hydrogen-bond donors (Lipinski definition) is 1. The molecule has 0 bridgehead atoms. The van der Waals surface area contributed by atoms with Crippen LogP contribution in [-0.2, 0) is 0 Å². The molecule has 0 amide bonds. The molecule has 0 radical (unpaired) electrons. The second-order valence-corrected chi connectivity index (χ2v) is 4.20. The molecule has 6 nitrogen and oxygen atoms in total. The van der Waals surface area contributed by atoms with Crippen molar-refractivity contribution < 1.29 is 0 Å². The van der Waals surface area contributed by atoms with E-state index in [-0.39, 0.29) is 0 Å². The summed E-state index contributed by atoms with van der Waals surface area (Å²) >= 11 is 0. The second kappa shape index (κ2) is 12.8. The maximum Gasteiger partial charge on any atom is 0.0635 e. The summed E-state index contributed by atoms with van der Waals surface area (Å²) in [6, 6.07) is 6.37. The third-order valence-electron chi connectivity index (χ3n) is 2.80. The van der Waals surface area contributed by atoms with Crippen LogP contribution in [0.4, 0.5) is 0 Å². The first-order valence-corrected chi connectivity index (χ1v) is 6.54. The van der Waals surface area contributed by atoms with Crippen LogP contribution >= 0.6 is 0 Å². The van der Waals surface area contributed by atoms with Crippen molar-refractivity contribution in [1.29, 1.82) is 15.8 Å². The summed E-state index contributed by atoms with van der Waals surface area (Å²) in [6.07, 6.45) is 1.44. The lowest BCUT2D eigenvalue weighted by atomic mass is 10.3. The number of nitrogens with zero attached hydrogens (tertiary/aromatic N) is 5. The van der Waals surface area contributed by atoms with Crippen molar-refractivity contribution in [3.63, 3.8) is 0 Å².